The van der Waals surface area contributed by atoms with E-state index in [1.807, 2.05) is 48.2 Å². The molecular formula is C22H29N3O2. The molecule has 0 bridgehead atoms. The molecule has 0 spiro atoms. The number of hydrogen-bond acceptors (Lipinski definition) is 4. The Hall–Kier alpha value is -2.37. The number of carbonyl (C=O) groups is 1. The van der Waals surface area contributed by atoms with Crippen LogP contribution in [0, 0.1) is 6.92 Å². The molecule has 3 rings (SSSR count). The van der Waals surface area contributed by atoms with Crippen LogP contribution in [0.25, 0.3) is 0 Å². The standard InChI is InChI=1S/C22H29N3O2/c1-16-7-9-18(10-8-16)21(23)22(26)25-13-11-24(12-14-25)17(2)19-5-4-6-20(15-19)27-3/h4-10,15,17,21H,11-14,23H2,1-3H3. The van der Waals surface area contributed by atoms with Crippen molar-refractivity contribution >= 4 is 5.91 Å². The van der Waals surface area contributed by atoms with Crippen molar-refractivity contribution in [2.24, 2.45) is 5.73 Å². The van der Waals surface area contributed by atoms with E-state index < -0.39 is 6.04 Å². The molecule has 0 aromatic heterocycles. The normalized spacial score (nSPS) is 17.4. The van der Waals surface area contributed by atoms with Crippen LogP contribution >= 0.6 is 0 Å². The number of carbonyl (C=O) groups excluding carboxylic acids is 1. The first-order valence-electron chi connectivity index (χ1n) is 9.48. The van der Waals surface area contributed by atoms with Gasteiger partial charge in [0.05, 0.1) is 7.11 Å². The Balaban J connectivity index is 1.59. The topological polar surface area (TPSA) is 58.8 Å². The Labute approximate surface area is 161 Å². The number of benzene rings is 2. The summed E-state index contributed by atoms with van der Waals surface area (Å²) in [4.78, 5) is 17.1. The summed E-state index contributed by atoms with van der Waals surface area (Å²) in [6.45, 7) is 7.30. The first-order valence-corrected chi connectivity index (χ1v) is 9.48. The third-order valence-corrected chi connectivity index (χ3v) is 5.45. The maximum absolute atomic E-state index is 12.8. The van der Waals surface area contributed by atoms with Gasteiger partial charge in [-0.25, -0.2) is 0 Å². The molecule has 2 unspecified atom stereocenters. The summed E-state index contributed by atoms with van der Waals surface area (Å²) >= 11 is 0. The van der Waals surface area contributed by atoms with E-state index in [2.05, 4.69) is 24.0 Å². The molecule has 1 amide bonds. The zero-order valence-corrected chi connectivity index (χ0v) is 16.4. The summed E-state index contributed by atoms with van der Waals surface area (Å²) in [7, 11) is 1.69. The van der Waals surface area contributed by atoms with Gasteiger partial charge in [-0.2, -0.15) is 0 Å². The quantitative estimate of drug-likeness (QED) is 0.883. The number of methoxy groups -OCH3 is 1. The lowest BCUT2D eigenvalue weighted by Crippen LogP contribution is -2.51. The van der Waals surface area contributed by atoms with Gasteiger partial charge in [0.1, 0.15) is 11.8 Å². The molecule has 0 saturated carbocycles. The Morgan fingerprint density at radius 2 is 1.70 bits per heavy atom. The zero-order chi connectivity index (χ0) is 19.4. The Bertz CT molecular complexity index is 767. The van der Waals surface area contributed by atoms with E-state index in [0.717, 1.165) is 24.4 Å². The van der Waals surface area contributed by atoms with Crippen molar-refractivity contribution < 1.29 is 9.53 Å². The second-order valence-corrected chi connectivity index (χ2v) is 7.20. The molecule has 5 nitrogen and oxygen atoms in total. The first-order chi connectivity index (χ1) is 13.0. The van der Waals surface area contributed by atoms with E-state index >= 15 is 0 Å². The van der Waals surface area contributed by atoms with Gasteiger partial charge in [-0.05, 0) is 37.1 Å². The SMILES string of the molecule is COc1cccc(C(C)N2CCN(C(=O)C(N)c3ccc(C)cc3)CC2)c1. The number of piperazine rings is 1. The average Bonchev–Trinajstić information content (AvgIpc) is 2.73. The van der Waals surface area contributed by atoms with Crippen molar-refractivity contribution in [3.05, 3.63) is 65.2 Å². The molecule has 2 N–H and O–H groups in total. The van der Waals surface area contributed by atoms with Crippen molar-refractivity contribution in [3.8, 4) is 5.75 Å². The fourth-order valence-electron chi connectivity index (χ4n) is 3.55. The van der Waals surface area contributed by atoms with Crippen LogP contribution in [0.5, 0.6) is 5.75 Å². The lowest BCUT2D eigenvalue weighted by molar-refractivity contribution is -0.134. The zero-order valence-electron chi connectivity index (χ0n) is 16.4. The van der Waals surface area contributed by atoms with E-state index in [1.54, 1.807) is 7.11 Å². The highest BCUT2D eigenvalue weighted by molar-refractivity contribution is 5.83. The molecule has 0 aliphatic carbocycles. The minimum Gasteiger partial charge on any atom is -0.497 e. The maximum Gasteiger partial charge on any atom is 0.244 e. The summed E-state index contributed by atoms with van der Waals surface area (Å²) in [5.74, 6) is 0.879. The van der Waals surface area contributed by atoms with Crippen LogP contribution in [-0.2, 0) is 4.79 Å². The third-order valence-electron chi connectivity index (χ3n) is 5.45. The number of ether oxygens (including phenoxy) is 1. The molecular weight excluding hydrogens is 338 g/mol. The number of rotatable bonds is 5. The minimum absolute atomic E-state index is 0.00698. The molecule has 1 aliphatic rings. The predicted octanol–water partition coefficient (Wildman–Crippen LogP) is 2.91. The van der Waals surface area contributed by atoms with Gasteiger partial charge in [-0.1, -0.05) is 42.0 Å². The fourth-order valence-corrected chi connectivity index (χ4v) is 3.55. The van der Waals surface area contributed by atoms with E-state index in [-0.39, 0.29) is 11.9 Å². The summed E-state index contributed by atoms with van der Waals surface area (Å²) < 4.78 is 5.33. The van der Waals surface area contributed by atoms with Crippen molar-refractivity contribution in [1.29, 1.82) is 0 Å². The van der Waals surface area contributed by atoms with Crippen LogP contribution in [-0.4, -0.2) is 49.0 Å². The number of amides is 1. The van der Waals surface area contributed by atoms with Gasteiger partial charge in [-0.15, -0.1) is 0 Å². The monoisotopic (exact) mass is 367 g/mol. The van der Waals surface area contributed by atoms with Crippen LogP contribution in [0.4, 0.5) is 0 Å². The van der Waals surface area contributed by atoms with E-state index in [0.29, 0.717) is 13.1 Å². The van der Waals surface area contributed by atoms with E-state index in [4.69, 9.17) is 10.5 Å². The van der Waals surface area contributed by atoms with Crippen molar-refractivity contribution in [1.82, 2.24) is 9.80 Å². The Morgan fingerprint density at radius 1 is 1.04 bits per heavy atom. The third kappa shape index (κ3) is 4.49. The summed E-state index contributed by atoms with van der Waals surface area (Å²) in [6.07, 6.45) is 0. The van der Waals surface area contributed by atoms with Gasteiger partial charge in [-0.3, -0.25) is 9.69 Å². The number of nitrogens with two attached hydrogens (primary N) is 1. The Kier molecular flexibility index (Phi) is 6.14. The first kappa shape index (κ1) is 19.4. The van der Waals surface area contributed by atoms with Crippen molar-refractivity contribution in [3.63, 3.8) is 0 Å². The van der Waals surface area contributed by atoms with Gasteiger partial charge in [0.15, 0.2) is 0 Å². The van der Waals surface area contributed by atoms with Crippen molar-refractivity contribution in [2.45, 2.75) is 25.9 Å². The second kappa shape index (κ2) is 8.55. The van der Waals surface area contributed by atoms with Gasteiger partial charge < -0.3 is 15.4 Å². The lowest BCUT2D eigenvalue weighted by atomic mass is 10.0. The highest BCUT2D eigenvalue weighted by atomic mass is 16.5. The Morgan fingerprint density at radius 3 is 2.33 bits per heavy atom. The molecule has 144 valence electrons. The maximum atomic E-state index is 12.8. The molecule has 2 aromatic carbocycles. The van der Waals surface area contributed by atoms with Gasteiger partial charge in [0.25, 0.3) is 0 Å². The molecule has 1 fully saturated rings. The number of nitrogens with zero attached hydrogens (tertiary/aromatic N) is 2. The summed E-state index contributed by atoms with van der Waals surface area (Å²) in [6, 6.07) is 15.7. The van der Waals surface area contributed by atoms with Crippen LogP contribution in [0.1, 0.15) is 35.7 Å². The van der Waals surface area contributed by atoms with Crippen LogP contribution in [0.2, 0.25) is 0 Å². The molecule has 27 heavy (non-hydrogen) atoms. The van der Waals surface area contributed by atoms with Crippen LogP contribution in [0.3, 0.4) is 0 Å². The van der Waals surface area contributed by atoms with E-state index in [9.17, 15) is 4.79 Å². The molecule has 2 aromatic rings. The molecule has 1 heterocycles. The fraction of sp³-hybridized carbons (Fsp3) is 0.409. The van der Waals surface area contributed by atoms with Crippen LogP contribution < -0.4 is 10.5 Å². The predicted molar refractivity (Wildman–Crippen MR) is 108 cm³/mol. The lowest BCUT2D eigenvalue weighted by Gasteiger charge is -2.39. The molecule has 2 atom stereocenters. The molecule has 0 radical (unpaired) electrons. The summed E-state index contributed by atoms with van der Waals surface area (Å²) in [5.41, 5.74) is 9.48. The van der Waals surface area contributed by atoms with Gasteiger partial charge in [0, 0.05) is 32.2 Å². The van der Waals surface area contributed by atoms with Gasteiger partial charge >= 0.3 is 0 Å². The average molecular weight is 367 g/mol. The number of hydrogen-bond donors (Lipinski definition) is 1. The summed E-state index contributed by atoms with van der Waals surface area (Å²) in [5, 5.41) is 0. The number of aryl methyl sites for hydroxylation is 1. The molecule has 1 saturated heterocycles. The second-order valence-electron chi connectivity index (χ2n) is 7.20. The van der Waals surface area contributed by atoms with E-state index in [1.165, 1.54) is 11.1 Å². The van der Waals surface area contributed by atoms with Crippen LogP contribution in [0.15, 0.2) is 48.5 Å². The molecule has 1 aliphatic heterocycles. The highest BCUT2D eigenvalue weighted by Gasteiger charge is 2.28. The smallest absolute Gasteiger partial charge is 0.244 e. The van der Waals surface area contributed by atoms with Gasteiger partial charge in [0.2, 0.25) is 5.91 Å². The molecule has 5 heteroatoms. The minimum atomic E-state index is -0.590. The van der Waals surface area contributed by atoms with Crippen molar-refractivity contribution in [2.75, 3.05) is 33.3 Å². The largest absolute Gasteiger partial charge is 0.497 e. The highest BCUT2D eigenvalue weighted by Crippen LogP contribution is 2.25.